The normalized spacial score (nSPS) is 14.1. The predicted molar refractivity (Wildman–Crippen MR) is 85.2 cm³/mol. The molecule has 2 unspecified atom stereocenters. The fraction of sp³-hybridized carbons (Fsp3) is 0.267. The Kier molecular flexibility index (Phi) is 5.43. The molecule has 0 saturated carbocycles. The van der Waals surface area contributed by atoms with Crippen LogP contribution in [-0.4, -0.2) is 11.0 Å². The molecule has 2 aromatic rings. The van der Waals surface area contributed by atoms with Crippen LogP contribution in [0.2, 0.25) is 0 Å². The number of rotatable bonds is 5. The van der Waals surface area contributed by atoms with Crippen LogP contribution >= 0.6 is 27.7 Å². The van der Waals surface area contributed by atoms with Gasteiger partial charge in [-0.05, 0) is 36.8 Å². The van der Waals surface area contributed by atoms with Gasteiger partial charge < -0.3 is 5.73 Å². The molecule has 100 valence electrons. The lowest BCUT2D eigenvalue weighted by molar-refractivity contribution is 0.624. The first kappa shape index (κ1) is 14.6. The van der Waals surface area contributed by atoms with E-state index in [0.717, 1.165) is 16.6 Å². The van der Waals surface area contributed by atoms with Crippen LogP contribution in [0.1, 0.15) is 24.3 Å². The summed E-state index contributed by atoms with van der Waals surface area (Å²) in [6, 6.07) is 14.4. The molecule has 2 nitrogen and oxygen atoms in total. The maximum atomic E-state index is 6.26. The first-order chi connectivity index (χ1) is 9.20. The van der Waals surface area contributed by atoms with Crippen LogP contribution in [0.4, 0.5) is 0 Å². The summed E-state index contributed by atoms with van der Waals surface area (Å²) >= 11 is 5.27. The van der Waals surface area contributed by atoms with Crippen LogP contribution in [0.15, 0.2) is 58.0 Å². The highest BCUT2D eigenvalue weighted by molar-refractivity contribution is 9.10. The minimum Gasteiger partial charge on any atom is -0.326 e. The molecule has 1 heterocycles. The third-order valence-electron chi connectivity index (χ3n) is 2.90. The highest BCUT2D eigenvalue weighted by atomic mass is 79.9. The molecule has 4 heteroatoms. The highest BCUT2D eigenvalue weighted by Crippen LogP contribution is 2.37. The molecular formula is C15H17BrN2S. The van der Waals surface area contributed by atoms with Crippen molar-refractivity contribution in [3.8, 4) is 0 Å². The Morgan fingerprint density at radius 1 is 1.26 bits per heavy atom. The Bertz CT molecular complexity index is 519. The summed E-state index contributed by atoms with van der Waals surface area (Å²) in [6.07, 6.45) is 2.76. The van der Waals surface area contributed by atoms with Crippen molar-refractivity contribution in [3.63, 3.8) is 0 Å². The number of benzene rings is 1. The molecule has 0 aliphatic carbocycles. The minimum atomic E-state index is 0.0962. The zero-order valence-corrected chi connectivity index (χ0v) is 13.2. The SMILES string of the molecule is CCC(N)C(Sc1cccc(Br)c1)c1ccccn1. The molecule has 2 rings (SSSR count). The van der Waals surface area contributed by atoms with Crippen molar-refractivity contribution >= 4 is 27.7 Å². The Morgan fingerprint density at radius 2 is 2.11 bits per heavy atom. The lowest BCUT2D eigenvalue weighted by Crippen LogP contribution is -2.26. The van der Waals surface area contributed by atoms with Crippen molar-refractivity contribution < 1.29 is 0 Å². The molecule has 0 saturated heterocycles. The number of hydrogen-bond acceptors (Lipinski definition) is 3. The zero-order chi connectivity index (χ0) is 13.7. The van der Waals surface area contributed by atoms with Gasteiger partial charge in [0.25, 0.3) is 0 Å². The summed E-state index contributed by atoms with van der Waals surface area (Å²) in [4.78, 5) is 5.66. The maximum Gasteiger partial charge on any atom is 0.0668 e. The average Bonchev–Trinajstić information content (AvgIpc) is 2.45. The van der Waals surface area contributed by atoms with E-state index in [0.29, 0.717) is 0 Å². The third-order valence-corrected chi connectivity index (χ3v) is 4.76. The van der Waals surface area contributed by atoms with Gasteiger partial charge in [-0.15, -0.1) is 11.8 Å². The Balaban J connectivity index is 2.24. The molecule has 19 heavy (non-hydrogen) atoms. The van der Waals surface area contributed by atoms with Gasteiger partial charge in [0, 0.05) is 21.6 Å². The fourth-order valence-electron chi connectivity index (χ4n) is 1.81. The summed E-state index contributed by atoms with van der Waals surface area (Å²) in [6.45, 7) is 2.11. The quantitative estimate of drug-likeness (QED) is 0.821. The van der Waals surface area contributed by atoms with E-state index in [9.17, 15) is 0 Å². The van der Waals surface area contributed by atoms with E-state index in [1.54, 1.807) is 11.8 Å². The molecule has 0 amide bonds. The van der Waals surface area contributed by atoms with Crippen LogP contribution in [0.25, 0.3) is 0 Å². The summed E-state index contributed by atoms with van der Waals surface area (Å²) in [5, 5.41) is 0.181. The van der Waals surface area contributed by atoms with Crippen molar-refractivity contribution in [3.05, 3.63) is 58.8 Å². The summed E-state index contributed by atoms with van der Waals surface area (Å²) in [5.41, 5.74) is 7.31. The molecule has 0 spiro atoms. The number of pyridine rings is 1. The van der Waals surface area contributed by atoms with Gasteiger partial charge >= 0.3 is 0 Å². The van der Waals surface area contributed by atoms with E-state index in [1.807, 2.05) is 36.5 Å². The van der Waals surface area contributed by atoms with Gasteiger partial charge in [-0.1, -0.05) is 35.0 Å². The molecule has 0 aliphatic rings. The number of nitrogens with two attached hydrogens (primary N) is 1. The Morgan fingerprint density at radius 3 is 2.74 bits per heavy atom. The highest BCUT2D eigenvalue weighted by Gasteiger charge is 2.21. The Hall–Kier alpha value is -0.840. The molecular weight excluding hydrogens is 320 g/mol. The average molecular weight is 337 g/mol. The summed E-state index contributed by atoms with van der Waals surface area (Å²) < 4.78 is 1.09. The largest absolute Gasteiger partial charge is 0.326 e. The lowest BCUT2D eigenvalue weighted by atomic mass is 10.1. The smallest absolute Gasteiger partial charge is 0.0668 e. The second-order valence-electron chi connectivity index (χ2n) is 4.32. The van der Waals surface area contributed by atoms with Gasteiger partial charge in [-0.2, -0.15) is 0 Å². The minimum absolute atomic E-state index is 0.0962. The molecule has 1 aromatic heterocycles. The summed E-state index contributed by atoms with van der Waals surface area (Å²) in [5.74, 6) is 0. The molecule has 2 atom stereocenters. The number of halogens is 1. The van der Waals surface area contributed by atoms with E-state index in [4.69, 9.17) is 5.73 Å². The number of thioether (sulfide) groups is 1. The van der Waals surface area contributed by atoms with E-state index < -0.39 is 0 Å². The Labute approximate surface area is 126 Å². The second kappa shape index (κ2) is 7.08. The molecule has 1 aromatic carbocycles. The maximum absolute atomic E-state index is 6.26. The molecule has 2 N–H and O–H groups in total. The van der Waals surface area contributed by atoms with Gasteiger partial charge in [0.15, 0.2) is 0 Å². The number of nitrogens with zero attached hydrogens (tertiary/aromatic N) is 1. The van der Waals surface area contributed by atoms with Crippen molar-refractivity contribution in [1.82, 2.24) is 4.98 Å². The van der Waals surface area contributed by atoms with Crippen LogP contribution in [-0.2, 0) is 0 Å². The van der Waals surface area contributed by atoms with Gasteiger partial charge in [0.05, 0.1) is 10.9 Å². The molecule has 0 aliphatic heterocycles. The van der Waals surface area contributed by atoms with Gasteiger partial charge in [-0.3, -0.25) is 4.98 Å². The molecule has 0 radical (unpaired) electrons. The molecule has 0 fully saturated rings. The summed E-state index contributed by atoms with van der Waals surface area (Å²) in [7, 11) is 0. The predicted octanol–water partition coefficient (Wildman–Crippen LogP) is 4.41. The van der Waals surface area contributed by atoms with Crippen LogP contribution < -0.4 is 5.73 Å². The van der Waals surface area contributed by atoms with Gasteiger partial charge in [0.1, 0.15) is 0 Å². The topological polar surface area (TPSA) is 38.9 Å². The van der Waals surface area contributed by atoms with Crippen molar-refractivity contribution in [2.24, 2.45) is 5.73 Å². The monoisotopic (exact) mass is 336 g/mol. The van der Waals surface area contributed by atoms with E-state index in [1.165, 1.54) is 4.90 Å². The molecule has 0 bridgehead atoms. The first-order valence-electron chi connectivity index (χ1n) is 6.29. The fourth-order valence-corrected chi connectivity index (χ4v) is 3.64. The lowest BCUT2D eigenvalue weighted by Gasteiger charge is -2.22. The first-order valence-corrected chi connectivity index (χ1v) is 7.96. The van der Waals surface area contributed by atoms with Gasteiger partial charge in [-0.25, -0.2) is 0 Å². The van der Waals surface area contributed by atoms with Gasteiger partial charge in [0.2, 0.25) is 0 Å². The van der Waals surface area contributed by atoms with Crippen LogP contribution in [0.3, 0.4) is 0 Å². The zero-order valence-electron chi connectivity index (χ0n) is 10.8. The van der Waals surface area contributed by atoms with Crippen molar-refractivity contribution in [2.45, 2.75) is 29.5 Å². The van der Waals surface area contributed by atoms with E-state index in [2.05, 4.69) is 40.0 Å². The third kappa shape index (κ3) is 4.06. The standard InChI is InChI=1S/C15H17BrN2S/c1-2-13(17)15(14-8-3-4-9-18-14)19-12-7-5-6-11(16)10-12/h3-10,13,15H,2,17H2,1H3. The number of aromatic nitrogens is 1. The van der Waals surface area contributed by atoms with Crippen LogP contribution in [0.5, 0.6) is 0 Å². The van der Waals surface area contributed by atoms with E-state index in [-0.39, 0.29) is 11.3 Å². The van der Waals surface area contributed by atoms with Crippen molar-refractivity contribution in [1.29, 1.82) is 0 Å². The van der Waals surface area contributed by atoms with Crippen LogP contribution in [0, 0.1) is 0 Å². The van der Waals surface area contributed by atoms with E-state index >= 15 is 0 Å². The number of hydrogen-bond donors (Lipinski definition) is 1. The van der Waals surface area contributed by atoms with Crippen molar-refractivity contribution in [2.75, 3.05) is 0 Å². The second-order valence-corrected chi connectivity index (χ2v) is 6.45.